The third kappa shape index (κ3) is 6.01. The molecule has 1 atom stereocenters. The number of nitrogens with zero attached hydrogens (tertiary/aromatic N) is 1. The molecule has 0 saturated carbocycles. The highest BCUT2D eigenvalue weighted by atomic mass is 16.1. The van der Waals surface area contributed by atoms with Gasteiger partial charge >= 0.3 is 0 Å². The van der Waals surface area contributed by atoms with Crippen molar-refractivity contribution in [3.63, 3.8) is 0 Å². The number of hydrogen-bond acceptors (Lipinski definition) is 2. The van der Waals surface area contributed by atoms with Crippen LogP contribution in [0, 0.1) is 5.92 Å². The number of piperidine rings is 1. The lowest BCUT2D eigenvalue weighted by Gasteiger charge is -2.29. The van der Waals surface area contributed by atoms with Gasteiger partial charge in [-0.05, 0) is 32.4 Å². The second-order valence-corrected chi connectivity index (χ2v) is 5.58. The largest absolute Gasteiger partial charge is 0.303 e. The van der Waals surface area contributed by atoms with Crippen molar-refractivity contribution in [1.82, 2.24) is 4.90 Å². The Kier molecular flexibility index (Phi) is 9.00. The molecule has 0 aromatic heterocycles. The van der Waals surface area contributed by atoms with E-state index in [1.807, 2.05) is 44.2 Å². The number of Topliss-reactive ketones (excluding diaryl/α,β-unsaturated/α-hetero) is 1. The number of rotatable bonds is 6. The van der Waals surface area contributed by atoms with E-state index in [1.165, 1.54) is 32.4 Å². The Balaban J connectivity index is 0.00000106. The summed E-state index contributed by atoms with van der Waals surface area (Å²) in [5.74, 6) is 0.499. The van der Waals surface area contributed by atoms with Gasteiger partial charge in [-0.1, -0.05) is 63.9 Å². The molecule has 118 valence electrons. The van der Waals surface area contributed by atoms with Crippen LogP contribution < -0.4 is 0 Å². The predicted octanol–water partition coefficient (Wildman–Crippen LogP) is 4.80. The van der Waals surface area contributed by atoms with Gasteiger partial charge in [-0.25, -0.2) is 0 Å². The Morgan fingerprint density at radius 3 is 2.29 bits per heavy atom. The zero-order valence-corrected chi connectivity index (χ0v) is 14.0. The van der Waals surface area contributed by atoms with Gasteiger partial charge in [-0.3, -0.25) is 4.79 Å². The first-order valence-electron chi connectivity index (χ1n) is 8.63. The van der Waals surface area contributed by atoms with Gasteiger partial charge < -0.3 is 4.90 Å². The van der Waals surface area contributed by atoms with E-state index >= 15 is 0 Å². The van der Waals surface area contributed by atoms with Crippen molar-refractivity contribution in [2.75, 3.05) is 19.6 Å². The second-order valence-electron chi connectivity index (χ2n) is 5.58. The topological polar surface area (TPSA) is 20.3 Å². The molecule has 1 aromatic rings. The molecule has 0 spiro atoms. The molecule has 1 unspecified atom stereocenters. The third-order valence-electron chi connectivity index (χ3n) is 3.99. The summed E-state index contributed by atoms with van der Waals surface area (Å²) >= 11 is 0. The zero-order chi connectivity index (χ0) is 15.5. The number of ketones is 1. The SMILES string of the molecule is CC.CCCC(CN1CCCCC1)C(=O)c1ccccc1. The summed E-state index contributed by atoms with van der Waals surface area (Å²) in [5, 5.41) is 0. The Morgan fingerprint density at radius 2 is 1.71 bits per heavy atom. The van der Waals surface area contributed by atoms with Crippen LogP contribution in [0.4, 0.5) is 0 Å². The number of carbonyl (C=O) groups excluding carboxylic acids is 1. The Morgan fingerprint density at radius 1 is 1.10 bits per heavy atom. The van der Waals surface area contributed by atoms with Crippen molar-refractivity contribution in [2.24, 2.45) is 5.92 Å². The van der Waals surface area contributed by atoms with Crippen molar-refractivity contribution in [2.45, 2.75) is 52.9 Å². The van der Waals surface area contributed by atoms with Crippen LogP contribution in [0.2, 0.25) is 0 Å². The summed E-state index contributed by atoms with van der Waals surface area (Å²) in [7, 11) is 0. The van der Waals surface area contributed by atoms with E-state index in [2.05, 4.69) is 11.8 Å². The molecule has 1 aliphatic heterocycles. The molecule has 1 aliphatic rings. The third-order valence-corrected chi connectivity index (χ3v) is 3.99. The van der Waals surface area contributed by atoms with Gasteiger partial charge in [0.15, 0.2) is 5.78 Å². The molecule has 0 bridgehead atoms. The normalized spacial score (nSPS) is 16.7. The van der Waals surface area contributed by atoms with Crippen LogP contribution in [0.1, 0.15) is 63.2 Å². The molecule has 0 amide bonds. The van der Waals surface area contributed by atoms with E-state index < -0.39 is 0 Å². The van der Waals surface area contributed by atoms with Gasteiger partial charge in [0.1, 0.15) is 0 Å². The lowest BCUT2D eigenvalue weighted by molar-refractivity contribution is 0.0858. The number of carbonyl (C=O) groups is 1. The summed E-state index contributed by atoms with van der Waals surface area (Å²) in [6.07, 6.45) is 6.01. The van der Waals surface area contributed by atoms with Crippen LogP contribution in [0.25, 0.3) is 0 Å². The Bertz CT molecular complexity index is 382. The minimum Gasteiger partial charge on any atom is -0.303 e. The summed E-state index contributed by atoms with van der Waals surface area (Å²) in [5.41, 5.74) is 0.873. The Labute approximate surface area is 130 Å². The van der Waals surface area contributed by atoms with Gasteiger partial charge in [-0.2, -0.15) is 0 Å². The van der Waals surface area contributed by atoms with E-state index in [0.29, 0.717) is 5.78 Å². The molecule has 0 radical (unpaired) electrons. The standard InChI is InChI=1S/C17H25NO.C2H6/c1-2-9-16(14-18-12-7-4-8-13-18)17(19)15-10-5-3-6-11-15;1-2/h3,5-6,10-11,16H,2,4,7-9,12-14H2,1H3;1-2H3. The molecular formula is C19H31NO. The van der Waals surface area contributed by atoms with E-state index in [0.717, 1.165) is 24.9 Å². The minimum absolute atomic E-state index is 0.172. The van der Waals surface area contributed by atoms with E-state index in [1.54, 1.807) is 0 Å². The van der Waals surface area contributed by atoms with Crippen LogP contribution in [0.15, 0.2) is 30.3 Å². The average molecular weight is 289 g/mol. The highest BCUT2D eigenvalue weighted by molar-refractivity contribution is 5.97. The number of likely N-dealkylation sites (tertiary alicyclic amines) is 1. The lowest BCUT2D eigenvalue weighted by atomic mass is 9.92. The van der Waals surface area contributed by atoms with E-state index in [9.17, 15) is 4.79 Å². The molecule has 1 heterocycles. The van der Waals surface area contributed by atoms with Crippen LogP contribution in [0.3, 0.4) is 0 Å². The molecule has 1 saturated heterocycles. The maximum absolute atomic E-state index is 12.6. The van der Waals surface area contributed by atoms with Gasteiger partial charge in [0.05, 0.1) is 0 Å². The summed E-state index contributed by atoms with van der Waals surface area (Å²) in [6.45, 7) is 9.45. The second kappa shape index (κ2) is 10.6. The smallest absolute Gasteiger partial charge is 0.167 e. The van der Waals surface area contributed by atoms with Crippen LogP contribution in [0.5, 0.6) is 0 Å². The summed E-state index contributed by atoms with van der Waals surface area (Å²) in [6, 6.07) is 9.77. The maximum atomic E-state index is 12.6. The van der Waals surface area contributed by atoms with Crippen molar-refractivity contribution in [3.05, 3.63) is 35.9 Å². The summed E-state index contributed by atoms with van der Waals surface area (Å²) in [4.78, 5) is 15.1. The van der Waals surface area contributed by atoms with Crippen molar-refractivity contribution >= 4 is 5.78 Å². The van der Waals surface area contributed by atoms with Crippen molar-refractivity contribution in [1.29, 1.82) is 0 Å². The zero-order valence-electron chi connectivity index (χ0n) is 14.0. The highest BCUT2D eigenvalue weighted by Crippen LogP contribution is 2.18. The molecule has 21 heavy (non-hydrogen) atoms. The number of benzene rings is 1. The maximum Gasteiger partial charge on any atom is 0.167 e. The molecule has 0 N–H and O–H groups in total. The van der Waals surface area contributed by atoms with E-state index in [4.69, 9.17) is 0 Å². The molecule has 2 heteroatoms. The fourth-order valence-electron chi connectivity index (χ4n) is 2.95. The van der Waals surface area contributed by atoms with Crippen LogP contribution in [-0.2, 0) is 0 Å². The van der Waals surface area contributed by atoms with Gasteiger partial charge in [0.25, 0.3) is 0 Å². The van der Waals surface area contributed by atoms with Gasteiger partial charge in [-0.15, -0.1) is 0 Å². The average Bonchev–Trinajstić information content (AvgIpc) is 2.57. The molecule has 1 aromatic carbocycles. The van der Waals surface area contributed by atoms with Crippen molar-refractivity contribution < 1.29 is 4.79 Å². The lowest BCUT2D eigenvalue weighted by Crippen LogP contribution is -2.36. The Hall–Kier alpha value is -1.15. The van der Waals surface area contributed by atoms with Crippen LogP contribution in [-0.4, -0.2) is 30.3 Å². The molecule has 2 nitrogen and oxygen atoms in total. The first-order valence-corrected chi connectivity index (χ1v) is 8.63. The van der Waals surface area contributed by atoms with Gasteiger partial charge in [0.2, 0.25) is 0 Å². The van der Waals surface area contributed by atoms with Crippen LogP contribution >= 0.6 is 0 Å². The highest BCUT2D eigenvalue weighted by Gasteiger charge is 2.22. The first-order chi connectivity index (χ1) is 10.3. The van der Waals surface area contributed by atoms with Gasteiger partial charge in [0, 0.05) is 18.0 Å². The molecule has 0 aliphatic carbocycles. The summed E-state index contributed by atoms with van der Waals surface area (Å²) < 4.78 is 0. The van der Waals surface area contributed by atoms with Crippen molar-refractivity contribution in [3.8, 4) is 0 Å². The predicted molar refractivity (Wildman–Crippen MR) is 90.8 cm³/mol. The molecule has 1 fully saturated rings. The monoisotopic (exact) mass is 289 g/mol. The fraction of sp³-hybridized carbons (Fsp3) is 0.632. The first kappa shape index (κ1) is 17.9. The molecule has 2 rings (SSSR count). The minimum atomic E-state index is 0.172. The molecular weight excluding hydrogens is 258 g/mol. The van der Waals surface area contributed by atoms with E-state index in [-0.39, 0.29) is 5.92 Å². The fourth-order valence-corrected chi connectivity index (χ4v) is 2.95. The number of hydrogen-bond donors (Lipinski definition) is 0. The quantitative estimate of drug-likeness (QED) is 0.701.